The lowest BCUT2D eigenvalue weighted by Gasteiger charge is -2.02. The molecule has 0 amide bonds. The molecule has 0 aliphatic heterocycles. The van der Waals surface area contributed by atoms with Crippen LogP contribution in [-0.4, -0.2) is 50.6 Å². The molecule has 0 N–H and O–H groups in total. The fraction of sp³-hybridized carbons (Fsp3) is 0.778. The van der Waals surface area contributed by atoms with Crippen molar-refractivity contribution in [2.75, 3.05) is 28.2 Å². The molecule has 0 rings (SSSR count). The molecule has 0 aromatic rings. The Morgan fingerprint density at radius 1 is 0.846 bits per heavy atom. The van der Waals surface area contributed by atoms with Crippen LogP contribution in [0.1, 0.15) is 19.3 Å². The number of hydrazone groups is 2. The van der Waals surface area contributed by atoms with Crippen LogP contribution < -0.4 is 0 Å². The van der Waals surface area contributed by atoms with Crippen LogP contribution in [0.3, 0.4) is 0 Å². The summed E-state index contributed by atoms with van der Waals surface area (Å²) in [4.78, 5) is 0. The highest BCUT2D eigenvalue weighted by Gasteiger charge is 1.83. The Kier molecular flexibility index (Phi) is 6.96. The van der Waals surface area contributed by atoms with E-state index in [-0.39, 0.29) is 0 Å². The Hall–Kier alpha value is -1.06. The van der Waals surface area contributed by atoms with Crippen molar-refractivity contribution in [2.45, 2.75) is 19.3 Å². The van der Waals surface area contributed by atoms with Crippen molar-refractivity contribution in [1.29, 1.82) is 0 Å². The lowest BCUT2D eigenvalue weighted by Crippen LogP contribution is -2.02. The molecule has 0 aliphatic carbocycles. The molecule has 0 heterocycles. The van der Waals surface area contributed by atoms with E-state index in [1.165, 1.54) is 0 Å². The maximum Gasteiger partial charge on any atom is 0.0245 e. The molecular formula is C9H20N4. The molecule has 0 radical (unpaired) electrons. The van der Waals surface area contributed by atoms with Gasteiger partial charge in [0.15, 0.2) is 0 Å². The monoisotopic (exact) mass is 184 g/mol. The second kappa shape index (κ2) is 7.58. The van der Waals surface area contributed by atoms with E-state index in [0.29, 0.717) is 0 Å². The van der Waals surface area contributed by atoms with Gasteiger partial charge in [-0.2, -0.15) is 10.2 Å². The summed E-state index contributed by atoms with van der Waals surface area (Å²) in [5.41, 5.74) is 0. The summed E-state index contributed by atoms with van der Waals surface area (Å²) >= 11 is 0. The predicted octanol–water partition coefficient (Wildman–Crippen LogP) is 1.25. The van der Waals surface area contributed by atoms with Gasteiger partial charge >= 0.3 is 0 Å². The summed E-state index contributed by atoms with van der Waals surface area (Å²) < 4.78 is 0. The van der Waals surface area contributed by atoms with Crippen LogP contribution in [0.5, 0.6) is 0 Å². The number of nitrogens with zero attached hydrogens (tertiary/aromatic N) is 4. The molecule has 0 aromatic heterocycles. The standard InChI is InChI=1S/C9H20N4/c1-12(2)10-8-6-5-7-9-11-13(3)4/h8-9H,5-7H2,1-4H3. The third-order valence-electron chi connectivity index (χ3n) is 1.29. The van der Waals surface area contributed by atoms with Gasteiger partial charge in [0.25, 0.3) is 0 Å². The highest BCUT2D eigenvalue weighted by atomic mass is 15.4. The molecule has 4 nitrogen and oxygen atoms in total. The van der Waals surface area contributed by atoms with Gasteiger partial charge in [-0.3, -0.25) is 0 Å². The van der Waals surface area contributed by atoms with Crippen LogP contribution in [0.15, 0.2) is 10.2 Å². The molecule has 13 heavy (non-hydrogen) atoms. The SMILES string of the molecule is CN(C)N=CCCCC=NN(C)C. The third kappa shape index (κ3) is 10.9. The molecule has 0 atom stereocenters. The van der Waals surface area contributed by atoms with Crippen molar-refractivity contribution in [3.8, 4) is 0 Å². The van der Waals surface area contributed by atoms with E-state index >= 15 is 0 Å². The summed E-state index contributed by atoms with van der Waals surface area (Å²) in [6.07, 6.45) is 7.00. The van der Waals surface area contributed by atoms with Crippen LogP contribution >= 0.6 is 0 Å². The second-order valence-corrected chi connectivity index (χ2v) is 3.22. The average molecular weight is 184 g/mol. The van der Waals surface area contributed by atoms with E-state index in [1.807, 2.05) is 40.6 Å². The largest absolute Gasteiger partial charge is 0.303 e. The number of hydrogen-bond donors (Lipinski definition) is 0. The third-order valence-corrected chi connectivity index (χ3v) is 1.29. The van der Waals surface area contributed by atoms with E-state index in [9.17, 15) is 0 Å². The van der Waals surface area contributed by atoms with Gasteiger partial charge in [-0.15, -0.1) is 0 Å². The molecule has 0 unspecified atom stereocenters. The van der Waals surface area contributed by atoms with Gasteiger partial charge in [-0.25, -0.2) is 0 Å². The van der Waals surface area contributed by atoms with Crippen LogP contribution in [0.25, 0.3) is 0 Å². The van der Waals surface area contributed by atoms with E-state index in [2.05, 4.69) is 10.2 Å². The van der Waals surface area contributed by atoms with Gasteiger partial charge in [0, 0.05) is 40.6 Å². The topological polar surface area (TPSA) is 31.2 Å². The Morgan fingerprint density at radius 2 is 1.23 bits per heavy atom. The smallest absolute Gasteiger partial charge is 0.0245 e. The lowest BCUT2D eigenvalue weighted by molar-refractivity contribution is 0.437. The van der Waals surface area contributed by atoms with Crippen LogP contribution in [0.4, 0.5) is 0 Å². The fourth-order valence-corrected chi connectivity index (χ4v) is 0.742. The summed E-state index contributed by atoms with van der Waals surface area (Å²) in [6, 6.07) is 0. The second-order valence-electron chi connectivity index (χ2n) is 3.22. The first-order valence-electron chi connectivity index (χ1n) is 4.52. The minimum atomic E-state index is 1.01. The number of hydrogen-bond acceptors (Lipinski definition) is 4. The van der Waals surface area contributed by atoms with Gasteiger partial charge in [0.05, 0.1) is 0 Å². The molecule has 0 saturated heterocycles. The summed E-state index contributed by atoms with van der Waals surface area (Å²) in [5.74, 6) is 0. The van der Waals surface area contributed by atoms with Crippen molar-refractivity contribution < 1.29 is 0 Å². The summed E-state index contributed by atoms with van der Waals surface area (Å²) in [7, 11) is 7.68. The number of unbranched alkanes of at least 4 members (excludes halogenated alkanes) is 2. The Bertz CT molecular complexity index is 143. The molecular weight excluding hydrogens is 164 g/mol. The first kappa shape index (κ1) is 11.9. The lowest BCUT2D eigenvalue weighted by atomic mass is 10.3. The first-order chi connectivity index (χ1) is 6.13. The van der Waals surface area contributed by atoms with Crippen LogP contribution in [-0.2, 0) is 0 Å². The van der Waals surface area contributed by atoms with Crippen molar-refractivity contribution in [1.82, 2.24) is 10.0 Å². The van der Waals surface area contributed by atoms with Crippen molar-refractivity contribution in [3.05, 3.63) is 0 Å². The van der Waals surface area contributed by atoms with Crippen LogP contribution in [0.2, 0.25) is 0 Å². The maximum atomic E-state index is 4.11. The molecule has 4 heteroatoms. The van der Waals surface area contributed by atoms with E-state index in [4.69, 9.17) is 0 Å². The minimum absolute atomic E-state index is 1.01. The van der Waals surface area contributed by atoms with Gasteiger partial charge in [0.1, 0.15) is 0 Å². The van der Waals surface area contributed by atoms with Gasteiger partial charge in [-0.05, 0) is 19.3 Å². The molecule has 76 valence electrons. The fourth-order valence-electron chi connectivity index (χ4n) is 0.742. The van der Waals surface area contributed by atoms with E-state index in [1.54, 1.807) is 10.0 Å². The molecule has 0 aliphatic rings. The van der Waals surface area contributed by atoms with Crippen molar-refractivity contribution in [3.63, 3.8) is 0 Å². The van der Waals surface area contributed by atoms with E-state index in [0.717, 1.165) is 19.3 Å². The van der Waals surface area contributed by atoms with Gasteiger partial charge in [-0.1, -0.05) is 0 Å². The predicted molar refractivity (Wildman–Crippen MR) is 58.2 cm³/mol. The molecule has 0 spiro atoms. The summed E-state index contributed by atoms with van der Waals surface area (Å²) in [5, 5.41) is 11.8. The van der Waals surface area contributed by atoms with Gasteiger partial charge in [0.2, 0.25) is 0 Å². The molecule has 0 bridgehead atoms. The zero-order chi connectivity index (χ0) is 10.1. The minimum Gasteiger partial charge on any atom is -0.303 e. The van der Waals surface area contributed by atoms with Crippen LogP contribution in [0, 0.1) is 0 Å². The zero-order valence-corrected chi connectivity index (χ0v) is 9.06. The van der Waals surface area contributed by atoms with Gasteiger partial charge < -0.3 is 10.0 Å². The average Bonchev–Trinajstić information content (AvgIpc) is 2.01. The summed E-state index contributed by atoms with van der Waals surface area (Å²) in [6.45, 7) is 0. The van der Waals surface area contributed by atoms with E-state index < -0.39 is 0 Å². The normalized spacial score (nSPS) is 11.4. The molecule has 0 aromatic carbocycles. The zero-order valence-electron chi connectivity index (χ0n) is 9.06. The highest BCUT2D eigenvalue weighted by molar-refractivity contribution is 5.60. The molecule has 0 fully saturated rings. The Balaban J connectivity index is 3.26. The Labute approximate surface area is 80.9 Å². The molecule has 0 saturated carbocycles. The Morgan fingerprint density at radius 3 is 1.54 bits per heavy atom. The quantitative estimate of drug-likeness (QED) is 0.353. The number of rotatable bonds is 6. The maximum absolute atomic E-state index is 4.11. The highest BCUT2D eigenvalue weighted by Crippen LogP contribution is 1.90. The van der Waals surface area contributed by atoms with Crippen molar-refractivity contribution >= 4 is 12.4 Å². The first-order valence-corrected chi connectivity index (χ1v) is 4.52. The van der Waals surface area contributed by atoms with Crippen molar-refractivity contribution in [2.24, 2.45) is 10.2 Å².